The predicted octanol–water partition coefficient (Wildman–Crippen LogP) is 3.54. The standard InChI is InChI=1S/C14H27N/c1-11-8-14(10-13(2,3)4)7-6-12(11)9-15(14)5/h11-12H,6-10H2,1-5H3. The van der Waals surface area contributed by atoms with Crippen molar-refractivity contribution in [2.45, 2.75) is 58.9 Å². The lowest BCUT2D eigenvalue weighted by Gasteiger charge is -2.58. The molecule has 15 heavy (non-hydrogen) atoms. The maximum absolute atomic E-state index is 2.67. The third kappa shape index (κ3) is 2.08. The number of hydrogen-bond donors (Lipinski definition) is 0. The zero-order chi connectivity index (χ0) is 11.3. The van der Waals surface area contributed by atoms with E-state index in [0.717, 1.165) is 11.8 Å². The molecule has 1 aliphatic carbocycles. The van der Waals surface area contributed by atoms with Gasteiger partial charge in [-0.05, 0) is 50.0 Å². The minimum Gasteiger partial charge on any atom is -0.300 e. The number of fused-ring (bicyclic) bond motifs is 3. The van der Waals surface area contributed by atoms with Crippen LogP contribution in [0.25, 0.3) is 0 Å². The Morgan fingerprint density at radius 1 is 1.33 bits per heavy atom. The highest BCUT2D eigenvalue weighted by Crippen LogP contribution is 2.50. The molecule has 3 atom stereocenters. The Balaban J connectivity index is 2.17. The summed E-state index contributed by atoms with van der Waals surface area (Å²) in [6.07, 6.45) is 5.72. The zero-order valence-electron chi connectivity index (χ0n) is 11.1. The van der Waals surface area contributed by atoms with Crippen molar-refractivity contribution in [2.75, 3.05) is 13.6 Å². The second-order valence-corrected chi connectivity index (χ2v) is 7.32. The Bertz CT molecular complexity index is 240. The van der Waals surface area contributed by atoms with E-state index in [1.165, 1.54) is 32.2 Å². The van der Waals surface area contributed by atoms with Gasteiger partial charge in [0.1, 0.15) is 0 Å². The second kappa shape index (κ2) is 3.48. The molecule has 1 heteroatoms. The van der Waals surface area contributed by atoms with Crippen molar-refractivity contribution >= 4 is 0 Å². The van der Waals surface area contributed by atoms with E-state index < -0.39 is 0 Å². The number of hydrogen-bond acceptors (Lipinski definition) is 1. The van der Waals surface area contributed by atoms with Crippen LogP contribution in [-0.2, 0) is 0 Å². The normalized spacial score (nSPS) is 42.2. The molecule has 0 aromatic heterocycles. The quantitative estimate of drug-likeness (QED) is 0.638. The third-order valence-electron chi connectivity index (χ3n) is 4.66. The Morgan fingerprint density at radius 2 is 2.00 bits per heavy atom. The van der Waals surface area contributed by atoms with Crippen molar-refractivity contribution in [1.82, 2.24) is 4.90 Å². The number of nitrogens with zero attached hydrogens (tertiary/aromatic N) is 1. The van der Waals surface area contributed by atoms with Crippen molar-refractivity contribution in [3.63, 3.8) is 0 Å². The lowest BCUT2D eigenvalue weighted by Crippen LogP contribution is -2.60. The van der Waals surface area contributed by atoms with Gasteiger partial charge in [-0.15, -0.1) is 0 Å². The van der Waals surface area contributed by atoms with Crippen LogP contribution < -0.4 is 0 Å². The molecule has 2 bridgehead atoms. The highest BCUT2D eigenvalue weighted by molar-refractivity contribution is 5.03. The Kier molecular flexibility index (Phi) is 2.65. The lowest BCUT2D eigenvalue weighted by molar-refractivity contribution is -0.0680. The van der Waals surface area contributed by atoms with E-state index in [0.29, 0.717) is 11.0 Å². The molecular formula is C14H27N. The van der Waals surface area contributed by atoms with Gasteiger partial charge in [-0.3, -0.25) is 0 Å². The van der Waals surface area contributed by atoms with E-state index in [1.807, 2.05) is 0 Å². The SMILES string of the molecule is CC1CC2(CC(C)(C)C)CCC1CN2C. The van der Waals surface area contributed by atoms with Gasteiger partial charge >= 0.3 is 0 Å². The van der Waals surface area contributed by atoms with Crippen LogP contribution in [0.15, 0.2) is 0 Å². The van der Waals surface area contributed by atoms with Gasteiger partial charge in [0, 0.05) is 12.1 Å². The van der Waals surface area contributed by atoms with Gasteiger partial charge < -0.3 is 4.90 Å². The predicted molar refractivity (Wildman–Crippen MR) is 65.9 cm³/mol. The fraction of sp³-hybridized carbons (Fsp3) is 1.00. The second-order valence-electron chi connectivity index (χ2n) is 7.32. The molecule has 3 unspecified atom stereocenters. The minimum atomic E-state index is 0.470. The van der Waals surface area contributed by atoms with Crippen molar-refractivity contribution < 1.29 is 0 Å². The molecule has 3 fully saturated rings. The van der Waals surface area contributed by atoms with Gasteiger partial charge in [0.05, 0.1) is 0 Å². The van der Waals surface area contributed by atoms with E-state index >= 15 is 0 Å². The van der Waals surface area contributed by atoms with Crippen LogP contribution in [0.3, 0.4) is 0 Å². The molecule has 2 aliphatic heterocycles. The summed E-state index contributed by atoms with van der Waals surface area (Å²) in [5.74, 6) is 1.94. The van der Waals surface area contributed by atoms with Gasteiger partial charge in [-0.2, -0.15) is 0 Å². The Hall–Kier alpha value is -0.0400. The number of rotatable bonds is 1. The van der Waals surface area contributed by atoms with E-state index in [2.05, 4.69) is 39.6 Å². The van der Waals surface area contributed by atoms with Gasteiger partial charge in [0.15, 0.2) is 0 Å². The highest BCUT2D eigenvalue weighted by Gasteiger charge is 2.48. The van der Waals surface area contributed by atoms with Gasteiger partial charge in [-0.1, -0.05) is 27.7 Å². The fourth-order valence-corrected chi connectivity index (χ4v) is 4.05. The van der Waals surface area contributed by atoms with Gasteiger partial charge in [0.2, 0.25) is 0 Å². The molecular weight excluding hydrogens is 182 g/mol. The molecule has 1 saturated carbocycles. The topological polar surface area (TPSA) is 3.24 Å². The van der Waals surface area contributed by atoms with Crippen molar-refractivity contribution in [2.24, 2.45) is 17.3 Å². The van der Waals surface area contributed by atoms with Crippen LogP contribution in [0.1, 0.15) is 53.4 Å². The van der Waals surface area contributed by atoms with Crippen molar-refractivity contribution in [3.8, 4) is 0 Å². The molecule has 3 aliphatic rings. The van der Waals surface area contributed by atoms with Crippen molar-refractivity contribution in [1.29, 1.82) is 0 Å². The summed E-state index contributed by atoms with van der Waals surface area (Å²) >= 11 is 0. The molecule has 0 radical (unpaired) electrons. The summed E-state index contributed by atoms with van der Waals surface area (Å²) in [7, 11) is 2.35. The minimum absolute atomic E-state index is 0.470. The first kappa shape index (κ1) is 11.4. The smallest absolute Gasteiger partial charge is 0.0214 e. The van der Waals surface area contributed by atoms with Crippen LogP contribution in [0.2, 0.25) is 0 Å². The zero-order valence-corrected chi connectivity index (χ0v) is 11.1. The molecule has 1 nitrogen and oxygen atoms in total. The van der Waals surface area contributed by atoms with Crippen LogP contribution in [0, 0.1) is 17.3 Å². The Morgan fingerprint density at radius 3 is 2.47 bits per heavy atom. The van der Waals surface area contributed by atoms with E-state index in [9.17, 15) is 0 Å². The van der Waals surface area contributed by atoms with E-state index in [-0.39, 0.29) is 0 Å². The summed E-state index contributed by atoms with van der Waals surface area (Å²) in [5.41, 5.74) is 1.00. The third-order valence-corrected chi connectivity index (χ3v) is 4.66. The maximum atomic E-state index is 2.67. The molecule has 0 spiro atoms. The van der Waals surface area contributed by atoms with Crippen LogP contribution in [-0.4, -0.2) is 24.0 Å². The average molecular weight is 209 g/mol. The van der Waals surface area contributed by atoms with Gasteiger partial charge in [-0.25, -0.2) is 0 Å². The largest absolute Gasteiger partial charge is 0.300 e. The Labute approximate surface area is 95.2 Å². The molecule has 2 saturated heterocycles. The van der Waals surface area contributed by atoms with Crippen LogP contribution >= 0.6 is 0 Å². The molecule has 3 rings (SSSR count). The summed E-state index contributed by atoms with van der Waals surface area (Å²) in [4.78, 5) is 2.67. The highest BCUT2D eigenvalue weighted by atomic mass is 15.2. The summed E-state index contributed by atoms with van der Waals surface area (Å²) in [6.45, 7) is 11.0. The first-order chi connectivity index (χ1) is 6.82. The van der Waals surface area contributed by atoms with Crippen LogP contribution in [0.4, 0.5) is 0 Å². The van der Waals surface area contributed by atoms with Crippen molar-refractivity contribution in [3.05, 3.63) is 0 Å². The lowest BCUT2D eigenvalue weighted by atomic mass is 9.61. The number of piperidine rings is 2. The molecule has 88 valence electrons. The van der Waals surface area contributed by atoms with Gasteiger partial charge in [0.25, 0.3) is 0 Å². The molecule has 2 heterocycles. The monoisotopic (exact) mass is 209 g/mol. The first-order valence-corrected chi connectivity index (χ1v) is 6.54. The summed E-state index contributed by atoms with van der Waals surface area (Å²) in [5, 5.41) is 0. The molecule has 0 aromatic carbocycles. The van der Waals surface area contributed by atoms with Crippen LogP contribution in [0.5, 0.6) is 0 Å². The maximum Gasteiger partial charge on any atom is 0.0214 e. The summed E-state index contributed by atoms with van der Waals surface area (Å²) in [6, 6.07) is 0. The molecule has 0 amide bonds. The average Bonchev–Trinajstić information content (AvgIpc) is 2.05. The first-order valence-electron chi connectivity index (χ1n) is 6.54. The molecule has 0 aromatic rings. The fourth-order valence-electron chi connectivity index (χ4n) is 4.05. The summed E-state index contributed by atoms with van der Waals surface area (Å²) < 4.78 is 0. The molecule has 0 N–H and O–H groups in total. The van der Waals surface area contributed by atoms with E-state index in [1.54, 1.807) is 0 Å². The van der Waals surface area contributed by atoms with E-state index in [4.69, 9.17) is 0 Å².